The zero-order chi connectivity index (χ0) is 9.52. The fraction of sp³-hybridized carbons (Fsp3) is 0.500. The molecule has 0 spiro atoms. The number of hydrogen-bond donors (Lipinski definition) is 1. The van der Waals surface area contributed by atoms with E-state index in [4.69, 9.17) is 4.74 Å². The van der Waals surface area contributed by atoms with Gasteiger partial charge in [-0.3, -0.25) is 4.98 Å². The molecule has 0 aliphatic heterocycles. The Morgan fingerprint density at radius 1 is 1.46 bits per heavy atom. The summed E-state index contributed by atoms with van der Waals surface area (Å²) in [5.41, 5.74) is 0.898. The van der Waals surface area contributed by atoms with E-state index in [1.54, 1.807) is 12.4 Å². The van der Waals surface area contributed by atoms with E-state index in [9.17, 15) is 5.11 Å². The van der Waals surface area contributed by atoms with Crippen LogP contribution in [0.2, 0.25) is 0 Å². The van der Waals surface area contributed by atoms with Crippen LogP contribution in [-0.2, 0) is 4.74 Å². The molecular formula is C10H15NO2. The van der Waals surface area contributed by atoms with Gasteiger partial charge in [-0.05, 0) is 24.6 Å². The first-order chi connectivity index (χ1) is 6.34. The molecule has 0 saturated carbocycles. The quantitative estimate of drug-likeness (QED) is 0.701. The van der Waals surface area contributed by atoms with Gasteiger partial charge < -0.3 is 9.84 Å². The monoisotopic (exact) mass is 181 g/mol. The Labute approximate surface area is 78.4 Å². The molecule has 1 aromatic rings. The van der Waals surface area contributed by atoms with Gasteiger partial charge in [0.25, 0.3) is 0 Å². The third-order valence-corrected chi connectivity index (χ3v) is 1.83. The van der Waals surface area contributed by atoms with Crippen LogP contribution < -0.4 is 0 Å². The molecule has 1 rings (SSSR count). The van der Waals surface area contributed by atoms with Gasteiger partial charge in [0.15, 0.2) is 0 Å². The second-order valence-electron chi connectivity index (χ2n) is 2.78. The SMILES string of the molecule is CCOCCC(O)c1ccncc1. The van der Waals surface area contributed by atoms with Crippen LogP contribution in [-0.4, -0.2) is 23.3 Å². The average molecular weight is 181 g/mol. The molecule has 1 atom stereocenters. The second-order valence-corrected chi connectivity index (χ2v) is 2.78. The third-order valence-electron chi connectivity index (χ3n) is 1.83. The lowest BCUT2D eigenvalue weighted by Crippen LogP contribution is -2.03. The molecule has 3 heteroatoms. The van der Waals surface area contributed by atoms with E-state index in [0.29, 0.717) is 19.6 Å². The maximum absolute atomic E-state index is 9.64. The smallest absolute Gasteiger partial charge is 0.0813 e. The summed E-state index contributed by atoms with van der Waals surface area (Å²) in [4.78, 5) is 3.88. The highest BCUT2D eigenvalue weighted by molar-refractivity contribution is 5.12. The molecule has 72 valence electrons. The summed E-state index contributed by atoms with van der Waals surface area (Å²) in [6.07, 6.45) is 3.56. The van der Waals surface area contributed by atoms with Crippen molar-refractivity contribution in [2.45, 2.75) is 19.4 Å². The number of aromatic nitrogens is 1. The fourth-order valence-electron chi connectivity index (χ4n) is 1.09. The number of rotatable bonds is 5. The zero-order valence-electron chi connectivity index (χ0n) is 7.81. The summed E-state index contributed by atoms with van der Waals surface area (Å²) in [5.74, 6) is 0. The number of ether oxygens (including phenoxy) is 1. The Kier molecular flexibility index (Phi) is 4.43. The lowest BCUT2D eigenvalue weighted by molar-refractivity contribution is 0.0886. The van der Waals surface area contributed by atoms with Crippen LogP contribution in [0.1, 0.15) is 25.0 Å². The van der Waals surface area contributed by atoms with Gasteiger partial charge in [0.05, 0.1) is 6.10 Å². The zero-order valence-corrected chi connectivity index (χ0v) is 7.81. The first kappa shape index (κ1) is 10.2. The van der Waals surface area contributed by atoms with Crippen LogP contribution in [0.5, 0.6) is 0 Å². The van der Waals surface area contributed by atoms with Crippen molar-refractivity contribution in [1.82, 2.24) is 4.98 Å². The molecule has 0 aliphatic rings. The van der Waals surface area contributed by atoms with Crippen LogP contribution in [0.15, 0.2) is 24.5 Å². The summed E-state index contributed by atoms with van der Waals surface area (Å²) < 4.78 is 5.15. The average Bonchev–Trinajstić information content (AvgIpc) is 2.19. The molecule has 1 unspecified atom stereocenters. The Morgan fingerprint density at radius 2 is 2.15 bits per heavy atom. The highest BCUT2D eigenvalue weighted by Gasteiger charge is 2.05. The van der Waals surface area contributed by atoms with Gasteiger partial charge in [0.1, 0.15) is 0 Å². The molecule has 0 radical (unpaired) electrons. The summed E-state index contributed by atoms with van der Waals surface area (Å²) in [6, 6.07) is 3.63. The van der Waals surface area contributed by atoms with Crippen LogP contribution in [0.3, 0.4) is 0 Å². The van der Waals surface area contributed by atoms with Gasteiger partial charge in [0, 0.05) is 32.0 Å². The van der Waals surface area contributed by atoms with E-state index in [-0.39, 0.29) is 0 Å². The van der Waals surface area contributed by atoms with Gasteiger partial charge in [-0.2, -0.15) is 0 Å². The van der Waals surface area contributed by atoms with Gasteiger partial charge in [-0.1, -0.05) is 0 Å². The largest absolute Gasteiger partial charge is 0.388 e. The van der Waals surface area contributed by atoms with Gasteiger partial charge in [-0.25, -0.2) is 0 Å². The standard InChI is InChI=1S/C10H15NO2/c1-2-13-8-5-10(12)9-3-6-11-7-4-9/h3-4,6-7,10,12H,2,5,8H2,1H3. The minimum absolute atomic E-state index is 0.436. The van der Waals surface area contributed by atoms with Gasteiger partial charge in [0.2, 0.25) is 0 Å². The molecular weight excluding hydrogens is 166 g/mol. The summed E-state index contributed by atoms with van der Waals surface area (Å²) >= 11 is 0. The molecule has 1 heterocycles. The highest BCUT2D eigenvalue weighted by atomic mass is 16.5. The van der Waals surface area contributed by atoms with E-state index in [0.717, 1.165) is 5.56 Å². The molecule has 13 heavy (non-hydrogen) atoms. The molecule has 3 nitrogen and oxygen atoms in total. The normalized spacial score (nSPS) is 12.8. The van der Waals surface area contributed by atoms with E-state index in [1.165, 1.54) is 0 Å². The van der Waals surface area contributed by atoms with Crippen molar-refractivity contribution in [2.75, 3.05) is 13.2 Å². The fourth-order valence-corrected chi connectivity index (χ4v) is 1.09. The minimum atomic E-state index is -0.436. The van der Waals surface area contributed by atoms with Crippen LogP contribution in [0, 0.1) is 0 Å². The third kappa shape index (κ3) is 3.53. The molecule has 1 aromatic heterocycles. The van der Waals surface area contributed by atoms with Crippen LogP contribution >= 0.6 is 0 Å². The van der Waals surface area contributed by atoms with Crippen LogP contribution in [0.4, 0.5) is 0 Å². The van der Waals surface area contributed by atoms with Crippen molar-refractivity contribution in [3.63, 3.8) is 0 Å². The molecule has 0 aromatic carbocycles. The second kappa shape index (κ2) is 5.67. The van der Waals surface area contributed by atoms with Gasteiger partial charge >= 0.3 is 0 Å². The lowest BCUT2D eigenvalue weighted by Gasteiger charge is -2.09. The van der Waals surface area contributed by atoms with E-state index < -0.39 is 6.10 Å². The number of hydrogen-bond acceptors (Lipinski definition) is 3. The summed E-state index contributed by atoms with van der Waals surface area (Å²) in [7, 11) is 0. The van der Waals surface area contributed by atoms with Crippen molar-refractivity contribution in [2.24, 2.45) is 0 Å². The van der Waals surface area contributed by atoms with Crippen molar-refractivity contribution in [1.29, 1.82) is 0 Å². The maximum Gasteiger partial charge on any atom is 0.0813 e. The first-order valence-electron chi connectivity index (χ1n) is 4.50. The Balaban J connectivity index is 2.35. The Morgan fingerprint density at radius 3 is 2.77 bits per heavy atom. The number of aliphatic hydroxyl groups excluding tert-OH is 1. The van der Waals surface area contributed by atoms with Crippen molar-refractivity contribution >= 4 is 0 Å². The van der Waals surface area contributed by atoms with Crippen molar-refractivity contribution in [3.8, 4) is 0 Å². The highest BCUT2D eigenvalue weighted by Crippen LogP contribution is 2.14. The molecule has 0 aliphatic carbocycles. The van der Waals surface area contributed by atoms with Gasteiger partial charge in [-0.15, -0.1) is 0 Å². The molecule has 0 saturated heterocycles. The molecule has 0 amide bonds. The number of aliphatic hydroxyl groups is 1. The lowest BCUT2D eigenvalue weighted by atomic mass is 10.1. The van der Waals surface area contributed by atoms with E-state index in [2.05, 4.69) is 4.98 Å². The topological polar surface area (TPSA) is 42.4 Å². The molecule has 1 N–H and O–H groups in total. The number of pyridine rings is 1. The first-order valence-corrected chi connectivity index (χ1v) is 4.50. The molecule has 0 bridgehead atoms. The minimum Gasteiger partial charge on any atom is -0.388 e. The van der Waals surface area contributed by atoms with Crippen molar-refractivity contribution < 1.29 is 9.84 Å². The Bertz CT molecular complexity index is 226. The Hall–Kier alpha value is -0.930. The predicted molar refractivity (Wildman–Crippen MR) is 50.3 cm³/mol. The molecule has 0 fully saturated rings. The van der Waals surface area contributed by atoms with Crippen LogP contribution in [0.25, 0.3) is 0 Å². The summed E-state index contributed by atoms with van der Waals surface area (Å²) in [6.45, 7) is 3.24. The van der Waals surface area contributed by atoms with E-state index in [1.807, 2.05) is 19.1 Å². The predicted octanol–water partition coefficient (Wildman–Crippen LogP) is 1.54. The maximum atomic E-state index is 9.64. The van der Waals surface area contributed by atoms with E-state index >= 15 is 0 Å². The summed E-state index contributed by atoms with van der Waals surface area (Å²) in [5, 5.41) is 9.64. The van der Waals surface area contributed by atoms with Crippen molar-refractivity contribution in [3.05, 3.63) is 30.1 Å². The number of nitrogens with zero attached hydrogens (tertiary/aromatic N) is 1.